The van der Waals surface area contributed by atoms with Crippen molar-refractivity contribution in [3.8, 4) is 0 Å². The summed E-state index contributed by atoms with van der Waals surface area (Å²) >= 11 is 0. The van der Waals surface area contributed by atoms with Crippen LogP contribution in [0.4, 0.5) is 4.79 Å². The van der Waals surface area contributed by atoms with Crippen molar-refractivity contribution in [2.45, 2.75) is 37.8 Å². The maximum absolute atomic E-state index is 12.8. The molecule has 2 saturated heterocycles. The molecule has 4 rings (SSSR count). The normalized spacial score (nSPS) is 22.6. The molecule has 2 aromatic carbocycles. The third-order valence-corrected chi connectivity index (χ3v) is 5.43. The SMILES string of the molecule is O=C(N[C@H]1C[C@H]2C(=O)N[C@@H](COCc3ccccc3)C(=O)N2C1)OCc1ccccc1. The Morgan fingerprint density at radius 3 is 2.32 bits per heavy atom. The molecule has 3 atom stereocenters. The van der Waals surface area contributed by atoms with Crippen LogP contribution < -0.4 is 10.6 Å². The average molecular weight is 423 g/mol. The van der Waals surface area contributed by atoms with Crippen LogP contribution in [0.15, 0.2) is 60.7 Å². The molecule has 2 aliphatic heterocycles. The Hall–Kier alpha value is -3.39. The van der Waals surface area contributed by atoms with Gasteiger partial charge in [-0.25, -0.2) is 4.79 Å². The van der Waals surface area contributed by atoms with Gasteiger partial charge in [-0.3, -0.25) is 9.59 Å². The first-order valence-corrected chi connectivity index (χ1v) is 10.3. The van der Waals surface area contributed by atoms with E-state index in [1.54, 1.807) is 0 Å². The van der Waals surface area contributed by atoms with Crippen LogP contribution in [0.2, 0.25) is 0 Å². The molecule has 0 aromatic heterocycles. The molecule has 0 saturated carbocycles. The molecule has 31 heavy (non-hydrogen) atoms. The molecule has 2 N–H and O–H groups in total. The quantitative estimate of drug-likeness (QED) is 0.705. The minimum atomic E-state index is -0.726. The lowest BCUT2D eigenvalue weighted by atomic mass is 10.1. The largest absolute Gasteiger partial charge is 0.445 e. The van der Waals surface area contributed by atoms with Crippen LogP contribution in [0.1, 0.15) is 17.5 Å². The van der Waals surface area contributed by atoms with Crippen molar-refractivity contribution >= 4 is 17.9 Å². The van der Waals surface area contributed by atoms with Gasteiger partial charge in [-0.1, -0.05) is 60.7 Å². The van der Waals surface area contributed by atoms with Gasteiger partial charge in [0.15, 0.2) is 0 Å². The Morgan fingerprint density at radius 1 is 1.00 bits per heavy atom. The number of hydrogen-bond donors (Lipinski definition) is 2. The maximum Gasteiger partial charge on any atom is 0.407 e. The van der Waals surface area contributed by atoms with E-state index in [4.69, 9.17) is 9.47 Å². The van der Waals surface area contributed by atoms with E-state index < -0.39 is 18.2 Å². The van der Waals surface area contributed by atoms with E-state index in [1.807, 2.05) is 60.7 Å². The molecular formula is C23H25N3O5. The van der Waals surface area contributed by atoms with Gasteiger partial charge in [0, 0.05) is 6.54 Å². The summed E-state index contributed by atoms with van der Waals surface area (Å²) in [5.74, 6) is -0.422. The van der Waals surface area contributed by atoms with Crippen LogP contribution in [0.25, 0.3) is 0 Å². The highest BCUT2D eigenvalue weighted by Crippen LogP contribution is 2.23. The van der Waals surface area contributed by atoms with Crippen molar-refractivity contribution in [3.63, 3.8) is 0 Å². The van der Waals surface area contributed by atoms with Crippen LogP contribution in [0.3, 0.4) is 0 Å². The zero-order chi connectivity index (χ0) is 21.6. The van der Waals surface area contributed by atoms with Gasteiger partial charge in [0.25, 0.3) is 0 Å². The number of ether oxygens (including phenoxy) is 2. The van der Waals surface area contributed by atoms with Crippen molar-refractivity contribution < 1.29 is 23.9 Å². The molecule has 0 spiro atoms. The second-order valence-electron chi connectivity index (χ2n) is 7.71. The standard InChI is InChI=1S/C23H25N3O5/c27-21-20-11-18(24-23(29)31-14-17-9-5-2-6-10-17)12-26(20)22(28)19(25-21)15-30-13-16-7-3-1-4-8-16/h1-10,18-20H,11-15H2,(H,24,29)(H,25,27)/t18-,19-,20-/m0/s1. The number of nitrogens with zero attached hydrogens (tertiary/aromatic N) is 1. The fraction of sp³-hybridized carbons (Fsp3) is 0.348. The fourth-order valence-corrected chi connectivity index (χ4v) is 3.88. The smallest absolute Gasteiger partial charge is 0.407 e. The second-order valence-corrected chi connectivity index (χ2v) is 7.71. The first-order chi connectivity index (χ1) is 15.1. The second kappa shape index (κ2) is 9.61. The summed E-state index contributed by atoms with van der Waals surface area (Å²) in [5.41, 5.74) is 1.88. The van der Waals surface area contributed by atoms with E-state index in [2.05, 4.69) is 10.6 Å². The summed E-state index contributed by atoms with van der Waals surface area (Å²) in [6.07, 6.45) is -0.209. The van der Waals surface area contributed by atoms with Crippen LogP contribution in [-0.4, -0.2) is 54.1 Å². The highest BCUT2D eigenvalue weighted by atomic mass is 16.5. The van der Waals surface area contributed by atoms with Gasteiger partial charge < -0.3 is 25.0 Å². The number of alkyl carbamates (subject to hydrolysis) is 1. The van der Waals surface area contributed by atoms with Crippen molar-refractivity contribution in [2.24, 2.45) is 0 Å². The number of rotatable bonds is 7. The molecule has 8 nitrogen and oxygen atoms in total. The molecule has 2 heterocycles. The Morgan fingerprint density at radius 2 is 1.65 bits per heavy atom. The molecule has 2 aromatic rings. The molecule has 0 bridgehead atoms. The van der Waals surface area contributed by atoms with Crippen LogP contribution in [0, 0.1) is 0 Å². The summed E-state index contributed by atoms with van der Waals surface area (Å²) in [6.45, 7) is 0.889. The number of benzene rings is 2. The molecule has 162 valence electrons. The summed E-state index contributed by atoms with van der Waals surface area (Å²) in [7, 11) is 0. The van der Waals surface area contributed by atoms with Crippen LogP contribution in [0.5, 0.6) is 0 Å². The Balaban J connectivity index is 1.26. The Labute approximate surface area is 180 Å². The monoisotopic (exact) mass is 423 g/mol. The Kier molecular flexibility index (Phi) is 6.47. The number of amides is 3. The zero-order valence-corrected chi connectivity index (χ0v) is 17.0. The number of carbonyl (C=O) groups excluding carboxylic acids is 3. The number of fused-ring (bicyclic) bond motifs is 1. The summed E-state index contributed by atoms with van der Waals surface area (Å²) in [6, 6.07) is 17.3. The van der Waals surface area contributed by atoms with Gasteiger partial charge in [0.2, 0.25) is 11.8 Å². The lowest BCUT2D eigenvalue weighted by Crippen LogP contribution is -2.62. The number of hydrogen-bond acceptors (Lipinski definition) is 5. The lowest BCUT2D eigenvalue weighted by Gasteiger charge is -2.34. The van der Waals surface area contributed by atoms with Crippen molar-refractivity contribution in [2.75, 3.05) is 13.2 Å². The molecule has 0 unspecified atom stereocenters. The van der Waals surface area contributed by atoms with Gasteiger partial charge in [0.05, 0.1) is 19.3 Å². The minimum absolute atomic E-state index is 0.0971. The predicted molar refractivity (Wildman–Crippen MR) is 112 cm³/mol. The number of carbonyl (C=O) groups is 3. The van der Waals surface area contributed by atoms with E-state index in [-0.39, 0.29) is 37.6 Å². The fourth-order valence-electron chi connectivity index (χ4n) is 3.88. The van der Waals surface area contributed by atoms with E-state index >= 15 is 0 Å². The minimum Gasteiger partial charge on any atom is -0.445 e. The zero-order valence-electron chi connectivity index (χ0n) is 17.0. The lowest BCUT2D eigenvalue weighted by molar-refractivity contribution is -0.148. The van der Waals surface area contributed by atoms with Gasteiger partial charge in [-0.05, 0) is 17.5 Å². The van der Waals surface area contributed by atoms with Gasteiger partial charge >= 0.3 is 6.09 Å². The number of piperazine rings is 1. The first-order valence-electron chi connectivity index (χ1n) is 10.3. The Bertz CT molecular complexity index is 921. The van der Waals surface area contributed by atoms with E-state index in [1.165, 1.54) is 4.90 Å². The highest BCUT2D eigenvalue weighted by Gasteiger charge is 2.46. The van der Waals surface area contributed by atoms with Crippen molar-refractivity contribution in [1.82, 2.24) is 15.5 Å². The predicted octanol–water partition coefficient (Wildman–Crippen LogP) is 1.60. The third kappa shape index (κ3) is 5.21. The molecule has 0 radical (unpaired) electrons. The van der Waals surface area contributed by atoms with E-state index in [0.29, 0.717) is 13.0 Å². The summed E-state index contributed by atoms with van der Waals surface area (Å²) in [5, 5.41) is 5.51. The van der Waals surface area contributed by atoms with Crippen LogP contribution >= 0.6 is 0 Å². The van der Waals surface area contributed by atoms with Gasteiger partial charge in [-0.15, -0.1) is 0 Å². The topological polar surface area (TPSA) is 97.0 Å². The molecule has 8 heteroatoms. The first kappa shape index (κ1) is 20.9. The third-order valence-electron chi connectivity index (χ3n) is 5.43. The summed E-state index contributed by atoms with van der Waals surface area (Å²) < 4.78 is 10.9. The molecule has 2 fully saturated rings. The average Bonchev–Trinajstić information content (AvgIpc) is 3.22. The molecule has 0 aliphatic carbocycles. The van der Waals surface area contributed by atoms with Crippen LogP contribution in [-0.2, 0) is 32.3 Å². The van der Waals surface area contributed by atoms with Gasteiger partial charge in [-0.2, -0.15) is 0 Å². The van der Waals surface area contributed by atoms with E-state index in [9.17, 15) is 14.4 Å². The number of nitrogens with one attached hydrogen (secondary N) is 2. The maximum atomic E-state index is 12.8. The summed E-state index contributed by atoms with van der Waals surface area (Å²) in [4.78, 5) is 39.0. The van der Waals surface area contributed by atoms with E-state index in [0.717, 1.165) is 11.1 Å². The van der Waals surface area contributed by atoms with Gasteiger partial charge in [0.1, 0.15) is 18.7 Å². The van der Waals surface area contributed by atoms with Crippen molar-refractivity contribution in [3.05, 3.63) is 71.8 Å². The molecule has 2 aliphatic rings. The molecule has 3 amide bonds. The highest BCUT2D eigenvalue weighted by molar-refractivity contribution is 5.97. The molecular weight excluding hydrogens is 398 g/mol. The van der Waals surface area contributed by atoms with Crippen molar-refractivity contribution in [1.29, 1.82) is 0 Å².